The van der Waals surface area contributed by atoms with Crippen molar-refractivity contribution in [1.82, 2.24) is 15.0 Å². The van der Waals surface area contributed by atoms with Crippen LogP contribution in [0.25, 0.3) is 11.3 Å². The standard InChI is InChI=1S/C13H17N3O/c1-2-3-9-16-13(12(10-17)14-15-16)11-7-5-4-6-8-11/h4-8,17H,2-3,9-10H2,1H3. The summed E-state index contributed by atoms with van der Waals surface area (Å²) in [6, 6.07) is 9.96. The molecule has 0 fully saturated rings. The van der Waals surface area contributed by atoms with Crippen molar-refractivity contribution in [1.29, 1.82) is 0 Å². The van der Waals surface area contributed by atoms with Gasteiger partial charge in [0.05, 0.1) is 12.3 Å². The summed E-state index contributed by atoms with van der Waals surface area (Å²) in [4.78, 5) is 0. The maximum Gasteiger partial charge on any atom is 0.116 e. The Labute approximate surface area is 101 Å². The minimum absolute atomic E-state index is 0.0731. The molecule has 1 aromatic heterocycles. The van der Waals surface area contributed by atoms with Crippen molar-refractivity contribution in [3.8, 4) is 11.3 Å². The van der Waals surface area contributed by atoms with Gasteiger partial charge in [0.25, 0.3) is 0 Å². The molecular weight excluding hydrogens is 214 g/mol. The third kappa shape index (κ3) is 2.53. The molecule has 0 aliphatic carbocycles. The summed E-state index contributed by atoms with van der Waals surface area (Å²) in [6.45, 7) is 2.91. The average Bonchev–Trinajstić information content (AvgIpc) is 2.80. The molecule has 0 atom stereocenters. The van der Waals surface area contributed by atoms with Crippen LogP contribution >= 0.6 is 0 Å². The second kappa shape index (κ2) is 5.59. The molecule has 17 heavy (non-hydrogen) atoms. The van der Waals surface area contributed by atoms with Crippen LogP contribution in [0.4, 0.5) is 0 Å². The normalized spacial score (nSPS) is 10.7. The second-order valence-electron chi connectivity index (χ2n) is 3.99. The SMILES string of the molecule is CCCCn1nnc(CO)c1-c1ccccc1. The molecule has 0 unspecified atom stereocenters. The number of aliphatic hydroxyl groups excluding tert-OH is 1. The molecule has 1 aromatic carbocycles. The molecule has 0 aliphatic heterocycles. The molecule has 0 radical (unpaired) electrons. The van der Waals surface area contributed by atoms with Crippen molar-refractivity contribution in [3.63, 3.8) is 0 Å². The van der Waals surface area contributed by atoms with Crippen LogP contribution in [-0.2, 0) is 13.2 Å². The lowest BCUT2D eigenvalue weighted by Gasteiger charge is -2.06. The number of nitrogens with zero attached hydrogens (tertiary/aromatic N) is 3. The van der Waals surface area contributed by atoms with Crippen molar-refractivity contribution in [2.24, 2.45) is 0 Å². The number of benzene rings is 1. The van der Waals surface area contributed by atoms with E-state index in [9.17, 15) is 5.11 Å². The van der Waals surface area contributed by atoms with Crippen LogP contribution in [0.5, 0.6) is 0 Å². The van der Waals surface area contributed by atoms with Crippen molar-refractivity contribution >= 4 is 0 Å². The molecular formula is C13H17N3O. The van der Waals surface area contributed by atoms with Crippen LogP contribution in [0.3, 0.4) is 0 Å². The van der Waals surface area contributed by atoms with Crippen molar-refractivity contribution < 1.29 is 5.11 Å². The van der Waals surface area contributed by atoms with E-state index in [1.807, 2.05) is 35.0 Å². The summed E-state index contributed by atoms with van der Waals surface area (Å²) in [7, 11) is 0. The first-order valence-electron chi connectivity index (χ1n) is 5.95. The summed E-state index contributed by atoms with van der Waals surface area (Å²) in [5.41, 5.74) is 2.63. The minimum Gasteiger partial charge on any atom is -0.390 e. The predicted molar refractivity (Wildman–Crippen MR) is 66.3 cm³/mol. The lowest BCUT2D eigenvalue weighted by Crippen LogP contribution is -2.03. The third-order valence-corrected chi connectivity index (χ3v) is 2.73. The highest BCUT2D eigenvalue weighted by molar-refractivity contribution is 5.61. The summed E-state index contributed by atoms with van der Waals surface area (Å²) in [6.07, 6.45) is 2.18. The number of hydrogen-bond acceptors (Lipinski definition) is 3. The summed E-state index contributed by atoms with van der Waals surface area (Å²) in [5.74, 6) is 0. The Hall–Kier alpha value is -1.68. The van der Waals surface area contributed by atoms with E-state index in [2.05, 4.69) is 17.2 Å². The minimum atomic E-state index is -0.0731. The van der Waals surface area contributed by atoms with E-state index in [0.29, 0.717) is 5.69 Å². The zero-order chi connectivity index (χ0) is 12.1. The van der Waals surface area contributed by atoms with E-state index in [4.69, 9.17) is 0 Å². The molecule has 2 rings (SSSR count). The number of unbranched alkanes of at least 4 members (excludes halogenated alkanes) is 1. The van der Waals surface area contributed by atoms with Gasteiger partial charge in [-0.25, -0.2) is 4.68 Å². The molecule has 4 heteroatoms. The third-order valence-electron chi connectivity index (χ3n) is 2.73. The first kappa shape index (κ1) is 11.8. The molecule has 0 bridgehead atoms. The molecule has 4 nitrogen and oxygen atoms in total. The first-order chi connectivity index (χ1) is 8.36. The molecule has 90 valence electrons. The predicted octanol–water partition coefficient (Wildman–Crippen LogP) is 2.24. The maximum absolute atomic E-state index is 9.30. The van der Waals surface area contributed by atoms with Gasteiger partial charge in [-0.2, -0.15) is 0 Å². The highest BCUT2D eigenvalue weighted by atomic mass is 16.3. The van der Waals surface area contributed by atoms with Crippen LogP contribution in [-0.4, -0.2) is 20.1 Å². The molecule has 0 spiro atoms. The van der Waals surface area contributed by atoms with Crippen LogP contribution in [0.15, 0.2) is 30.3 Å². The Morgan fingerprint density at radius 3 is 2.65 bits per heavy atom. The van der Waals surface area contributed by atoms with Crippen molar-refractivity contribution in [3.05, 3.63) is 36.0 Å². The van der Waals surface area contributed by atoms with Crippen molar-refractivity contribution in [2.45, 2.75) is 32.9 Å². The first-order valence-corrected chi connectivity index (χ1v) is 5.95. The van der Waals surface area contributed by atoms with Gasteiger partial charge < -0.3 is 5.11 Å². The summed E-state index contributed by atoms with van der Waals surface area (Å²) < 4.78 is 1.88. The van der Waals surface area contributed by atoms with Gasteiger partial charge in [0.1, 0.15) is 5.69 Å². The van der Waals surface area contributed by atoms with Gasteiger partial charge in [0, 0.05) is 12.1 Å². The molecule has 0 saturated carbocycles. The van der Waals surface area contributed by atoms with E-state index in [-0.39, 0.29) is 6.61 Å². The number of hydrogen-bond donors (Lipinski definition) is 1. The Kier molecular flexibility index (Phi) is 3.88. The number of aliphatic hydroxyl groups is 1. The fourth-order valence-corrected chi connectivity index (χ4v) is 1.83. The van der Waals surface area contributed by atoms with E-state index >= 15 is 0 Å². The zero-order valence-electron chi connectivity index (χ0n) is 10.0. The Bertz CT molecular complexity index is 465. The van der Waals surface area contributed by atoms with Crippen LogP contribution in [0.1, 0.15) is 25.5 Å². The topological polar surface area (TPSA) is 50.9 Å². The number of rotatable bonds is 5. The summed E-state index contributed by atoms with van der Waals surface area (Å²) in [5, 5.41) is 17.4. The van der Waals surface area contributed by atoms with E-state index < -0.39 is 0 Å². The smallest absolute Gasteiger partial charge is 0.116 e. The largest absolute Gasteiger partial charge is 0.390 e. The van der Waals surface area contributed by atoms with Gasteiger partial charge in [0.15, 0.2) is 0 Å². The summed E-state index contributed by atoms with van der Waals surface area (Å²) >= 11 is 0. The molecule has 2 aromatic rings. The Morgan fingerprint density at radius 2 is 2.00 bits per heavy atom. The van der Waals surface area contributed by atoms with Gasteiger partial charge in [-0.15, -0.1) is 5.10 Å². The Balaban J connectivity index is 2.39. The van der Waals surface area contributed by atoms with E-state index in [1.165, 1.54) is 0 Å². The second-order valence-corrected chi connectivity index (χ2v) is 3.99. The quantitative estimate of drug-likeness (QED) is 0.858. The maximum atomic E-state index is 9.30. The van der Waals surface area contributed by atoms with E-state index in [1.54, 1.807) is 0 Å². The van der Waals surface area contributed by atoms with Gasteiger partial charge in [-0.05, 0) is 6.42 Å². The molecule has 0 amide bonds. The highest BCUT2D eigenvalue weighted by Crippen LogP contribution is 2.22. The fraction of sp³-hybridized carbons (Fsp3) is 0.385. The zero-order valence-corrected chi connectivity index (χ0v) is 10.0. The van der Waals surface area contributed by atoms with Crippen LogP contribution < -0.4 is 0 Å². The molecule has 0 saturated heterocycles. The van der Waals surface area contributed by atoms with Crippen LogP contribution in [0, 0.1) is 0 Å². The van der Waals surface area contributed by atoms with Gasteiger partial charge in [-0.3, -0.25) is 0 Å². The Morgan fingerprint density at radius 1 is 1.24 bits per heavy atom. The number of aryl methyl sites for hydroxylation is 1. The monoisotopic (exact) mass is 231 g/mol. The van der Waals surface area contributed by atoms with Crippen molar-refractivity contribution in [2.75, 3.05) is 0 Å². The highest BCUT2D eigenvalue weighted by Gasteiger charge is 2.13. The van der Waals surface area contributed by atoms with E-state index in [0.717, 1.165) is 30.6 Å². The fourth-order valence-electron chi connectivity index (χ4n) is 1.83. The number of aromatic nitrogens is 3. The average molecular weight is 231 g/mol. The van der Waals surface area contributed by atoms with Gasteiger partial charge >= 0.3 is 0 Å². The lowest BCUT2D eigenvalue weighted by atomic mass is 10.1. The lowest BCUT2D eigenvalue weighted by molar-refractivity contribution is 0.277. The van der Waals surface area contributed by atoms with Gasteiger partial charge in [-0.1, -0.05) is 48.9 Å². The molecule has 1 heterocycles. The molecule has 1 N–H and O–H groups in total. The molecule has 0 aliphatic rings. The van der Waals surface area contributed by atoms with Crippen LogP contribution in [0.2, 0.25) is 0 Å². The van der Waals surface area contributed by atoms with Gasteiger partial charge in [0.2, 0.25) is 0 Å².